The SMILES string of the molecule is CC(C)c1ccc(COc2cccc(O)c2)cc1. The van der Waals surface area contributed by atoms with Gasteiger partial charge in [-0.2, -0.15) is 0 Å². The highest BCUT2D eigenvalue weighted by Crippen LogP contribution is 2.20. The first kappa shape index (κ1) is 12.5. The maximum Gasteiger partial charge on any atom is 0.123 e. The predicted molar refractivity (Wildman–Crippen MR) is 73.0 cm³/mol. The number of benzene rings is 2. The van der Waals surface area contributed by atoms with Crippen LogP contribution in [0.25, 0.3) is 0 Å². The van der Waals surface area contributed by atoms with Gasteiger partial charge in [0.1, 0.15) is 18.1 Å². The fourth-order valence-electron chi connectivity index (χ4n) is 1.74. The summed E-state index contributed by atoms with van der Waals surface area (Å²) in [6.45, 7) is 4.87. The van der Waals surface area contributed by atoms with Crippen molar-refractivity contribution in [2.24, 2.45) is 0 Å². The van der Waals surface area contributed by atoms with Gasteiger partial charge in [-0.25, -0.2) is 0 Å². The van der Waals surface area contributed by atoms with Crippen LogP contribution in [0.1, 0.15) is 30.9 Å². The number of rotatable bonds is 4. The van der Waals surface area contributed by atoms with Gasteiger partial charge in [-0.05, 0) is 29.2 Å². The molecule has 0 aliphatic rings. The van der Waals surface area contributed by atoms with Crippen LogP contribution in [0.4, 0.5) is 0 Å². The van der Waals surface area contributed by atoms with Gasteiger partial charge in [0, 0.05) is 6.07 Å². The van der Waals surface area contributed by atoms with E-state index in [0.29, 0.717) is 18.3 Å². The average Bonchev–Trinajstić information content (AvgIpc) is 2.37. The minimum atomic E-state index is 0.225. The molecule has 2 heteroatoms. The number of phenols is 1. The van der Waals surface area contributed by atoms with Gasteiger partial charge in [0.2, 0.25) is 0 Å². The summed E-state index contributed by atoms with van der Waals surface area (Å²) in [5.74, 6) is 1.46. The van der Waals surface area contributed by atoms with Gasteiger partial charge in [0.25, 0.3) is 0 Å². The third kappa shape index (κ3) is 3.27. The number of ether oxygens (including phenoxy) is 1. The second kappa shape index (κ2) is 5.58. The van der Waals surface area contributed by atoms with Crippen LogP contribution in [0.2, 0.25) is 0 Å². The van der Waals surface area contributed by atoms with E-state index in [1.54, 1.807) is 18.2 Å². The monoisotopic (exact) mass is 242 g/mol. The molecule has 0 heterocycles. The molecule has 0 atom stereocenters. The van der Waals surface area contributed by atoms with Crippen LogP contribution in [0.15, 0.2) is 48.5 Å². The third-order valence-corrected chi connectivity index (χ3v) is 2.87. The summed E-state index contributed by atoms with van der Waals surface area (Å²) < 4.78 is 5.61. The normalized spacial score (nSPS) is 10.6. The van der Waals surface area contributed by atoms with Crippen molar-refractivity contribution in [2.75, 3.05) is 0 Å². The Morgan fingerprint density at radius 2 is 1.78 bits per heavy atom. The Balaban J connectivity index is 1.98. The summed E-state index contributed by atoms with van der Waals surface area (Å²) in [6.07, 6.45) is 0. The lowest BCUT2D eigenvalue weighted by atomic mass is 10.0. The van der Waals surface area contributed by atoms with Gasteiger partial charge < -0.3 is 9.84 Å². The van der Waals surface area contributed by atoms with Crippen molar-refractivity contribution < 1.29 is 9.84 Å². The maximum absolute atomic E-state index is 9.33. The maximum atomic E-state index is 9.33. The highest BCUT2D eigenvalue weighted by molar-refractivity contribution is 5.32. The molecule has 0 saturated carbocycles. The van der Waals surface area contributed by atoms with Crippen LogP contribution >= 0.6 is 0 Å². The molecule has 0 aromatic heterocycles. The van der Waals surface area contributed by atoms with Crippen molar-refractivity contribution in [3.63, 3.8) is 0 Å². The summed E-state index contributed by atoms with van der Waals surface area (Å²) >= 11 is 0. The lowest BCUT2D eigenvalue weighted by Crippen LogP contribution is -1.96. The van der Waals surface area contributed by atoms with Gasteiger partial charge in [0.05, 0.1) is 0 Å². The first-order chi connectivity index (χ1) is 8.65. The first-order valence-corrected chi connectivity index (χ1v) is 6.16. The molecule has 0 spiro atoms. The van der Waals surface area contributed by atoms with Crippen molar-refractivity contribution in [3.05, 3.63) is 59.7 Å². The summed E-state index contributed by atoms with van der Waals surface area (Å²) in [7, 11) is 0. The summed E-state index contributed by atoms with van der Waals surface area (Å²) in [4.78, 5) is 0. The Hall–Kier alpha value is -1.96. The van der Waals surface area contributed by atoms with Gasteiger partial charge in [-0.3, -0.25) is 0 Å². The lowest BCUT2D eigenvalue weighted by molar-refractivity contribution is 0.304. The molecule has 0 saturated heterocycles. The molecule has 1 N–H and O–H groups in total. The van der Waals surface area contributed by atoms with Crippen molar-refractivity contribution in [3.8, 4) is 11.5 Å². The Morgan fingerprint density at radius 1 is 1.06 bits per heavy atom. The molecule has 18 heavy (non-hydrogen) atoms. The summed E-state index contributed by atoms with van der Waals surface area (Å²) in [6, 6.07) is 15.3. The molecule has 0 bridgehead atoms. The molecule has 0 radical (unpaired) electrons. The van der Waals surface area contributed by atoms with Crippen LogP contribution in [-0.4, -0.2) is 5.11 Å². The zero-order valence-corrected chi connectivity index (χ0v) is 10.8. The quantitative estimate of drug-likeness (QED) is 0.874. The molecule has 2 aromatic rings. The molecule has 2 aromatic carbocycles. The standard InChI is InChI=1S/C16H18O2/c1-12(2)14-8-6-13(7-9-14)11-18-16-5-3-4-15(17)10-16/h3-10,12,17H,11H2,1-2H3. The van der Waals surface area contributed by atoms with Crippen LogP contribution in [0.5, 0.6) is 11.5 Å². The molecule has 0 aliphatic heterocycles. The van der Waals surface area contributed by atoms with Crippen LogP contribution in [0, 0.1) is 0 Å². The topological polar surface area (TPSA) is 29.5 Å². The molecular weight excluding hydrogens is 224 g/mol. The van der Waals surface area contributed by atoms with Gasteiger partial charge in [-0.1, -0.05) is 44.2 Å². The minimum absolute atomic E-state index is 0.225. The van der Waals surface area contributed by atoms with E-state index < -0.39 is 0 Å². The van der Waals surface area contributed by atoms with Crippen molar-refractivity contribution >= 4 is 0 Å². The van der Waals surface area contributed by atoms with Crippen molar-refractivity contribution in [1.29, 1.82) is 0 Å². The van der Waals surface area contributed by atoms with Crippen molar-refractivity contribution in [1.82, 2.24) is 0 Å². The van der Waals surface area contributed by atoms with E-state index in [0.717, 1.165) is 5.56 Å². The van der Waals surface area contributed by atoms with Crippen LogP contribution in [0.3, 0.4) is 0 Å². The molecule has 2 nitrogen and oxygen atoms in total. The second-order valence-electron chi connectivity index (χ2n) is 4.68. The Morgan fingerprint density at radius 3 is 2.39 bits per heavy atom. The summed E-state index contributed by atoms with van der Waals surface area (Å²) in [5.41, 5.74) is 2.46. The van der Waals surface area contributed by atoms with E-state index in [9.17, 15) is 5.11 Å². The number of phenolic OH excluding ortho intramolecular Hbond substituents is 1. The van der Waals surface area contributed by atoms with Crippen LogP contribution < -0.4 is 4.74 Å². The number of hydrogen-bond donors (Lipinski definition) is 1. The fraction of sp³-hybridized carbons (Fsp3) is 0.250. The summed E-state index contributed by atoms with van der Waals surface area (Å²) in [5, 5.41) is 9.33. The molecule has 0 fully saturated rings. The number of aromatic hydroxyl groups is 1. The molecule has 0 unspecified atom stereocenters. The lowest BCUT2D eigenvalue weighted by Gasteiger charge is -2.09. The molecule has 2 rings (SSSR count). The molecule has 94 valence electrons. The van der Waals surface area contributed by atoms with E-state index >= 15 is 0 Å². The van der Waals surface area contributed by atoms with Gasteiger partial charge >= 0.3 is 0 Å². The first-order valence-electron chi connectivity index (χ1n) is 6.16. The van der Waals surface area contributed by atoms with E-state index in [4.69, 9.17) is 4.74 Å². The zero-order chi connectivity index (χ0) is 13.0. The highest BCUT2D eigenvalue weighted by Gasteiger charge is 2.00. The Kier molecular flexibility index (Phi) is 3.88. The highest BCUT2D eigenvalue weighted by atomic mass is 16.5. The zero-order valence-electron chi connectivity index (χ0n) is 10.8. The van der Waals surface area contributed by atoms with Crippen molar-refractivity contribution in [2.45, 2.75) is 26.4 Å². The second-order valence-corrected chi connectivity index (χ2v) is 4.68. The minimum Gasteiger partial charge on any atom is -0.508 e. The van der Waals surface area contributed by atoms with E-state index in [1.165, 1.54) is 5.56 Å². The Labute approximate surface area is 108 Å². The molecular formula is C16H18O2. The van der Waals surface area contributed by atoms with Crippen LogP contribution in [-0.2, 0) is 6.61 Å². The van der Waals surface area contributed by atoms with E-state index in [-0.39, 0.29) is 5.75 Å². The average molecular weight is 242 g/mol. The Bertz CT molecular complexity index is 501. The molecule has 0 amide bonds. The fourth-order valence-corrected chi connectivity index (χ4v) is 1.74. The van der Waals surface area contributed by atoms with E-state index in [1.807, 2.05) is 6.07 Å². The predicted octanol–water partition coefficient (Wildman–Crippen LogP) is 4.09. The van der Waals surface area contributed by atoms with Gasteiger partial charge in [0.15, 0.2) is 0 Å². The third-order valence-electron chi connectivity index (χ3n) is 2.87. The smallest absolute Gasteiger partial charge is 0.123 e. The van der Waals surface area contributed by atoms with E-state index in [2.05, 4.69) is 38.1 Å². The van der Waals surface area contributed by atoms with Gasteiger partial charge in [-0.15, -0.1) is 0 Å². The number of hydrogen-bond acceptors (Lipinski definition) is 2. The molecule has 0 aliphatic carbocycles. The largest absolute Gasteiger partial charge is 0.508 e.